The molecule has 1 atom stereocenters. The van der Waals surface area contributed by atoms with Crippen molar-refractivity contribution >= 4 is 46.7 Å². The Morgan fingerprint density at radius 1 is 0.855 bits per heavy atom. The molecule has 7 rings (SSSR count). The summed E-state index contributed by atoms with van der Waals surface area (Å²) < 4.78 is 17.8. The van der Waals surface area contributed by atoms with Crippen LogP contribution >= 0.6 is 0 Å². The quantitative estimate of drug-likeness (QED) is 0.260. The highest BCUT2D eigenvalue weighted by atomic mass is 16.6. The van der Waals surface area contributed by atoms with Crippen molar-refractivity contribution < 1.29 is 37.9 Å². The van der Waals surface area contributed by atoms with E-state index in [2.05, 4.69) is 17.1 Å². The normalized spacial score (nSPS) is 18.1. The van der Waals surface area contributed by atoms with Gasteiger partial charge in [0.05, 0.1) is 18.5 Å². The predicted octanol–water partition coefficient (Wildman–Crippen LogP) is 5.43. The average Bonchev–Trinajstić information content (AvgIpc) is 3.43. The summed E-state index contributed by atoms with van der Waals surface area (Å²) in [7, 11) is 3.67. The van der Waals surface area contributed by atoms with Gasteiger partial charge in [-0.2, -0.15) is 0 Å². The van der Waals surface area contributed by atoms with Gasteiger partial charge in [-0.25, -0.2) is 14.4 Å². The Morgan fingerprint density at radius 2 is 1.53 bits per heavy atom. The van der Waals surface area contributed by atoms with E-state index in [4.69, 9.17) is 13.9 Å². The van der Waals surface area contributed by atoms with E-state index in [-0.39, 0.29) is 56.5 Å². The molecule has 0 saturated carbocycles. The molecule has 16 heteroatoms. The van der Waals surface area contributed by atoms with Crippen molar-refractivity contribution in [1.82, 2.24) is 29.1 Å². The highest BCUT2D eigenvalue weighted by Crippen LogP contribution is 2.26. The minimum atomic E-state index is -1.02. The van der Waals surface area contributed by atoms with Gasteiger partial charge in [0.15, 0.2) is 11.7 Å². The molecular formula is C46H67N7O9. The molecule has 340 valence electrons. The number of hydrogen-bond donors (Lipinski definition) is 1. The first-order valence-corrected chi connectivity index (χ1v) is 21.9. The number of piperidine rings is 2. The number of ether oxygens (including phenoxy) is 2. The maximum absolute atomic E-state index is 13.7. The fourth-order valence-corrected chi connectivity index (χ4v) is 8.53. The number of anilines is 1. The minimum absolute atomic E-state index is 0. The Bertz CT molecular complexity index is 2080. The van der Waals surface area contributed by atoms with Crippen molar-refractivity contribution in [2.45, 2.75) is 98.1 Å². The van der Waals surface area contributed by atoms with Crippen molar-refractivity contribution in [3.8, 4) is 0 Å². The topological polar surface area (TPSA) is 167 Å². The molecule has 4 aliphatic rings. The second-order valence-electron chi connectivity index (χ2n) is 16.9. The summed E-state index contributed by atoms with van der Waals surface area (Å²) in [5, 5.41) is 3.03. The van der Waals surface area contributed by atoms with Gasteiger partial charge in [-0.1, -0.05) is 45.5 Å². The summed E-state index contributed by atoms with van der Waals surface area (Å²) in [5.74, 6) is -0.138. The van der Waals surface area contributed by atoms with E-state index in [0.29, 0.717) is 69.2 Å². The largest absolute Gasteiger partial charge is 0.466 e. The number of hydrogen-bond acceptors (Lipinski definition) is 10. The number of fused-ring (bicyclic) bond motifs is 2. The highest BCUT2D eigenvalue weighted by molar-refractivity contribution is 5.91. The number of carbonyl (C=O) groups is 5. The number of aryl methyl sites for hydroxylation is 2. The lowest BCUT2D eigenvalue weighted by Crippen LogP contribution is -2.53. The first kappa shape index (κ1) is 47.7. The van der Waals surface area contributed by atoms with Gasteiger partial charge >= 0.3 is 23.8 Å². The number of benzene rings is 2. The summed E-state index contributed by atoms with van der Waals surface area (Å²) in [6, 6.07) is 11.4. The van der Waals surface area contributed by atoms with Crippen LogP contribution in [0.2, 0.25) is 0 Å². The number of likely N-dealkylation sites (N-methyl/N-ethyl adjacent to an activating group) is 1. The number of esters is 1. The lowest BCUT2D eigenvalue weighted by atomic mass is 9.99. The monoisotopic (exact) mass is 862 g/mol. The number of piperazine rings is 1. The molecule has 16 nitrogen and oxygen atoms in total. The van der Waals surface area contributed by atoms with Crippen LogP contribution in [0.3, 0.4) is 0 Å². The van der Waals surface area contributed by atoms with E-state index in [9.17, 15) is 28.8 Å². The number of likely N-dealkylation sites (tertiary alicyclic amines) is 2. The van der Waals surface area contributed by atoms with E-state index in [1.54, 1.807) is 22.9 Å². The van der Waals surface area contributed by atoms with Gasteiger partial charge < -0.3 is 43.7 Å². The number of urea groups is 1. The van der Waals surface area contributed by atoms with Crippen LogP contribution < -0.4 is 11.1 Å². The van der Waals surface area contributed by atoms with Gasteiger partial charge in [0.2, 0.25) is 5.91 Å². The molecule has 5 heterocycles. The summed E-state index contributed by atoms with van der Waals surface area (Å²) in [6.45, 7) is 12.3. The molecule has 1 aromatic heterocycles. The first-order chi connectivity index (χ1) is 29.3. The molecule has 0 unspecified atom stereocenters. The van der Waals surface area contributed by atoms with Crippen LogP contribution in [0, 0.1) is 12.8 Å². The molecule has 3 aromatic rings. The smallest absolute Gasteiger partial charge is 0.419 e. The van der Waals surface area contributed by atoms with Crippen molar-refractivity contribution in [3.63, 3.8) is 0 Å². The lowest BCUT2D eigenvalue weighted by Gasteiger charge is -2.38. The van der Waals surface area contributed by atoms with Crippen molar-refractivity contribution in [2.24, 2.45) is 13.0 Å². The highest BCUT2D eigenvalue weighted by Gasteiger charge is 2.35. The van der Waals surface area contributed by atoms with Crippen molar-refractivity contribution in [3.05, 3.63) is 63.6 Å². The third kappa shape index (κ3) is 12.2. The standard InChI is InChI=1S/C32H40N6O6.C13H23NO3.CH4/c1-21-18-22(19-26-28(21)35(3)31(41)43-26)20-27(29(39)36-16-14-34(2)15-17-36)44-32(42)37-11-9-24(10-12-37)38-13-8-23-6-4-5-7-25(23)33-30(38)40;1-3-10-17-13(16)5-4-12(15)14-8-6-11(2)7-9-14;/h4-7,18-19,24,27H,8-17,20H2,1-3H3,(H,33,40);11H,3-10H2,1-2H3;1H4/t27-;;/m1../s1. The van der Waals surface area contributed by atoms with E-state index in [0.717, 1.165) is 74.2 Å². The van der Waals surface area contributed by atoms with Crippen LogP contribution in [0.1, 0.15) is 82.9 Å². The zero-order chi connectivity index (χ0) is 43.6. The number of nitrogens with zero attached hydrogens (tertiary/aromatic N) is 6. The van der Waals surface area contributed by atoms with Crippen LogP contribution in [-0.4, -0.2) is 144 Å². The number of rotatable bonds is 10. The van der Waals surface area contributed by atoms with Gasteiger partial charge in [-0.05, 0) is 87.2 Å². The Hall–Kier alpha value is -5.38. The van der Waals surface area contributed by atoms with Crippen LogP contribution in [0.4, 0.5) is 15.3 Å². The van der Waals surface area contributed by atoms with Crippen LogP contribution in [0.5, 0.6) is 0 Å². The third-order valence-electron chi connectivity index (χ3n) is 12.3. The Labute approximate surface area is 365 Å². The molecule has 2 aromatic carbocycles. The van der Waals surface area contributed by atoms with Crippen molar-refractivity contribution in [2.75, 3.05) is 77.9 Å². The third-order valence-corrected chi connectivity index (χ3v) is 12.3. The van der Waals surface area contributed by atoms with E-state index < -0.39 is 18.0 Å². The predicted molar refractivity (Wildman–Crippen MR) is 237 cm³/mol. The second-order valence-corrected chi connectivity index (χ2v) is 16.9. The maximum atomic E-state index is 13.7. The molecule has 62 heavy (non-hydrogen) atoms. The molecule has 4 aliphatic heterocycles. The first-order valence-electron chi connectivity index (χ1n) is 21.9. The number of amides is 5. The Morgan fingerprint density at radius 3 is 2.23 bits per heavy atom. The molecule has 1 N–H and O–H groups in total. The molecular weight excluding hydrogens is 795 g/mol. The fourth-order valence-electron chi connectivity index (χ4n) is 8.53. The summed E-state index contributed by atoms with van der Waals surface area (Å²) in [5.41, 5.74) is 4.68. The number of oxazole rings is 1. The average molecular weight is 862 g/mol. The van der Waals surface area contributed by atoms with Gasteiger partial charge in [-0.3, -0.25) is 19.0 Å². The van der Waals surface area contributed by atoms with Gasteiger partial charge in [0.1, 0.15) is 0 Å². The van der Waals surface area contributed by atoms with E-state index in [1.807, 2.05) is 61.0 Å². The van der Waals surface area contributed by atoms with Gasteiger partial charge in [0, 0.05) is 90.5 Å². The molecule has 3 saturated heterocycles. The van der Waals surface area contributed by atoms with Crippen LogP contribution in [-0.2, 0) is 43.7 Å². The van der Waals surface area contributed by atoms with Crippen LogP contribution in [0.25, 0.3) is 11.1 Å². The Balaban J connectivity index is 0.000000341. The van der Waals surface area contributed by atoms with Gasteiger partial charge in [0.25, 0.3) is 5.91 Å². The molecule has 0 bridgehead atoms. The number of carbonyl (C=O) groups excluding carboxylic acids is 5. The zero-order valence-corrected chi connectivity index (χ0v) is 36.5. The van der Waals surface area contributed by atoms with Gasteiger partial charge in [-0.15, -0.1) is 0 Å². The van der Waals surface area contributed by atoms with E-state index in [1.165, 1.54) is 4.57 Å². The second kappa shape index (κ2) is 22.1. The number of aromatic nitrogens is 1. The maximum Gasteiger partial charge on any atom is 0.419 e. The fraction of sp³-hybridized carbons (Fsp3) is 0.609. The molecule has 0 spiro atoms. The van der Waals surface area contributed by atoms with Crippen molar-refractivity contribution in [1.29, 1.82) is 0 Å². The number of para-hydroxylation sites is 1. The summed E-state index contributed by atoms with van der Waals surface area (Å²) in [4.78, 5) is 84.7. The molecule has 3 fully saturated rings. The SMILES string of the molecule is C.CCCOC(=O)CCC(=O)N1CCC(C)CC1.Cc1cc(C[C@@H](OC(=O)N2CCC(N3CCc4ccccc4NC3=O)CC2)C(=O)N2CCN(C)CC2)cc2oc(=O)n(C)c12. The van der Waals surface area contributed by atoms with Crippen LogP contribution in [0.15, 0.2) is 45.6 Å². The summed E-state index contributed by atoms with van der Waals surface area (Å²) >= 11 is 0. The minimum Gasteiger partial charge on any atom is -0.466 e. The van der Waals surface area contributed by atoms with E-state index >= 15 is 0 Å². The Kier molecular flexibility index (Phi) is 17.0. The zero-order valence-electron chi connectivity index (χ0n) is 36.5. The molecule has 0 radical (unpaired) electrons. The number of nitrogens with one attached hydrogen (secondary N) is 1. The lowest BCUT2D eigenvalue weighted by molar-refractivity contribution is -0.146. The summed E-state index contributed by atoms with van der Waals surface area (Å²) in [6.07, 6.45) is 4.10. The molecule has 5 amide bonds. The molecule has 0 aliphatic carbocycles.